The number of aryl methyl sites for hydroxylation is 1. The summed E-state index contributed by atoms with van der Waals surface area (Å²) >= 11 is 6.23. The predicted octanol–water partition coefficient (Wildman–Crippen LogP) is 6.45. The molecule has 0 bridgehead atoms. The monoisotopic (exact) mass is 519 g/mol. The molecule has 0 saturated heterocycles. The summed E-state index contributed by atoms with van der Waals surface area (Å²) in [4.78, 5) is 25.7. The van der Waals surface area contributed by atoms with Gasteiger partial charge in [-0.05, 0) is 59.2 Å². The van der Waals surface area contributed by atoms with Gasteiger partial charge in [0.25, 0.3) is 0 Å². The Morgan fingerprint density at radius 1 is 1.05 bits per heavy atom. The van der Waals surface area contributed by atoms with Crippen LogP contribution in [-0.2, 0) is 35.4 Å². The first-order valence-electron chi connectivity index (χ1n) is 12.7. The molecule has 1 amide bonds. The number of nitrogens with zero attached hydrogens (tertiary/aromatic N) is 1. The topological polar surface area (TPSA) is 66.8 Å². The average molecular weight is 520 g/mol. The van der Waals surface area contributed by atoms with E-state index in [1.54, 1.807) is 18.2 Å². The molecule has 3 aromatic carbocycles. The summed E-state index contributed by atoms with van der Waals surface area (Å²) in [5.74, 6) is 0.138. The third kappa shape index (κ3) is 6.92. The van der Waals surface area contributed by atoms with Crippen LogP contribution in [0.25, 0.3) is 0 Å². The van der Waals surface area contributed by atoms with E-state index < -0.39 is 5.97 Å². The number of rotatable bonds is 10. The van der Waals surface area contributed by atoms with E-state index in [1.807, 2.05) is 18.2 Å². The second kappa shape index (κ2) is 11.4. The number of aliphatic carboxylic acids is 1. The molecule has 0 saturated carbocycles. The third-order valence-electron chi connectivity index (χ3n) is 6.90. The van der Waals surface area contributed by atoms with Gasteiger partial charge in [0.05, 0.1) is 0 Å². The maximum atomic E-state index is 13.0. The molecule has 6 heteroatoms. The van der Waals surface area contributed by atoms with Crippen molar-refractivity contribution in [2.24, 2.45) is 0 Å². The zero-order valence-electron chi connectivity index (χ0n) is 21.7. The predicted molar refractivity (Wildman–Crippen MR) is 146 cm³/mol. The van der Waals surface area contributed by atoms with Crippen molar-refractivity contribution in [1.82, 2.24) is 4.90 Å². The summed E-state index contributed by atoms with van der Waals surface area (Å²) in [5.41, 5.74) is 5.18. The molecule has 0 fully saturated rings. The van der Waals surface area contributed by atoms with Gasteiger partial charge in [-0.15, -0.1) is 0 Å². The van der Waals surface area contributed by atoms with Gasteiger partial charge in [0, 0.05) is 30.8 Å². The van der Waals surface area contributed by atoms with Crippen LogP contribution >= 0.6 is 11.6 Å². The molecule has 0 radical (unpaired) electrons. The summed E-state index contributed by atoms with van der Waals surface area (Å²) in [6, 6.07) is 22.0. The Kier molecular flexibility index (Phi) is 8.23. The molecule has 4 rings (SSSR count). The third-order valence-corrected chi connectivity index (χ3v) is 7.26. The van der Waals surface area contributed by atoms with Crippen LogP contribution in [0.5, 0.6) is 5.75 Å². The largest absolute Gasteiger partial charge is 0.487 e. The second-order valence-electron chi connectivity index (χ2n) is 10.5. The summed E-state index contributed by atoms with van der Waals surface area (Å²) in [6.45, 7) is 6.34. The Labute approximate surface area is 224 Å². The number of hydrogen-bond acceptors (Lipinski definition) is 3. The zero-order valence-corrected chi connectivity index (χ0v) is 22.4. The number of halogens is 1. The number of amides is 1. The van der Waals surface area contributed by atoms with Crippen molar-refractivity contribution in [3.63, 3.8) is 0 Å². The van der Waals surface area contributed by atoms with Gasteiger partial charge in [-0.3, -0.25) is 9.59 Å². The van der Waals surface area contributed by atoms with E-state index >= 15 is 0 Å². The number of ether oxygens (including phenoxy) is 1. The van der Waals surface area contributed by atoms with Crippen LogP contribution < -0.4 is 4.74 Å². The molecule has 1 atom stereocenters. The lowest BCUT2D eigenvalue weighted by atomic mass is 9.90. The van der Waals surface area contributed by atoms with Gasteiger partial charge in [0.1, 0.15) is 17.9 Å². The van der Waals surface area contributed by atoms with E-state index in [-0.39, 0.29) is 31.0 Å². The Bertz CT molecular complexity index is 1270. The van der Waals surface area contributed by atoms with Gasteiger partial charge in [0.2, 0.25) is 5.91 Å². The quantitative estimate of drug-likeness (QED) is 0.334. The minimum Gasteiger partial charge on any atom is -0.487 e. The van der Waals surface area contributed by atoms with E-state index in [4.69, 9.17) is 16.3 Å². The van der Waals surface area contributed by atoms with Crippen molar-refractivity contribution in [2.75, 3.05) is 6.54 Å². The lowest BCUT2D eigenvalue weighted by Gasteiger charge is -2.24. The highest BCUT2D eigenvalue weighted by Gasteiger charge is 2.35. The van der Waals surface area contributed by atoms with Crippen LogP contribution in [0, 0.1) is 0 Å². The molecular weight excluding hydrogens is 486 g/mol. The fraction of sp³-hybridized carbons (Fsp3) is 0.355. The first-order valence-corrected chi connectivity index (χ1v) is 13.1. The normalized spacial score (nSPS) is 16.4. The van der Waals surface area contributed by atoms with Crippen molar-refractivity contribution < 1.29 is 19.4 Å². The summed E-state index contributed by atoms with van der Waals surface area (Å²) in [7, 11) is 0. The Morgan fingerprint density at radius 3 is 2.43 bits per heavy atom. The summed E-state index contributed by atoms with van der Waals surface area (Å²) < 4.78 is 6.36. The number of carbonyl (C=O) groups excluding carboxylic acids is 1. The molecule has 0 aromatic heterocycles. The number of benzene rings is 3. The highest BCUT2D eigenvalue weighted by atomic mass is 35.5. The van der Waals surface area contributed by atoms with Gasteiger partial charge in [-0.25, -0.2) is 0 Å². The molecule has 0 unspecified atom stereocenters. The van der Waals surface area contributed by atoms with Crippen molar-refractivity contribution in [1.29, 1.82) is 0 Å². The molecule has 0 spiro atoms. The first-order chi connectivity index (χ1) is 17.6. The fourth-order valence-electron chi connectivity index (χ4n) is 4.92. The number of carboxylic acids is 1. The molecule has 37 heavy (non-hydrogen) atoms. The van der Waals surface area contributed by atoms with Crippen molar-refractivity contribution >= 4 is 23.5 Å². The van der Waals surface area contributed by atoms with Crippen molar-refractivity contribution in [3.05, 3.63) is 99.6 Å². The Morgan fingerprint density at radius 2 is 1.76 bits per heavy atom. The van der Waals surface area contributed by atoms with E-state index in [0.29, 0.717) is 17.4 Å². The van der Waals surface area contributed by atoms with Gasteiger partial charge >= 0.3 is 5.97 Å². The maximum absolute atomic E-state index is 13.0. The van der Waals surface area contributed by atoms with Crippen molar-refractivity contribution in [2.45, 2.75) is 64.5 Å². The SMILES string of the molecule is CC(C)c1ccc(C[C@@]2(C)Cc3cc(CCC(=O)N(CC(=O)O)Cc4ccccc4Cl)ccc3O2)cc1. The molecule has 1 aliphatic rings. The van der Waals surface area contributed by atoms with Crippen LogP contribution in [-0.4, -0.2) is 34.0 Å². The van der Waals surface area contributed by atoms with Gasteiger partial charge in [-0.1, -0.05) is 80.0 Å². The van der Waals surface area contributed by atoms with Crippen LogP contribution in [0.4, 0.5) is 0 Å². The van der Waals surface area contributed by atoms with E-state index in [1.165, 1.54) is 16.0 Å². The van der Waals surface area contributed by atoms with Gasteiger partial charge in [-0.2, -0.15) is 0 Å². The van der Waals surface area contributed by atoms with E-state index in [9.17, 15) is 14.7 Å². The molecular formula is C31H34ClNO4. The van der Waals surface area contributed by atoms with Gasteiger partial charge in [0.15, 0.2) is 0 Å². The fourth-order valence-corrected chi connectivity index (χ4v) is 5.11. The van der Waals surface area contributed by atoms with E-state index in [0.717, 1.165) is 35.3 Å². The van der Waals surface area contributed by atoms with Crippen molar-refractivity contribution in [3.8, 4) is 5.75 Å². The van der Waals surface area contributed by atoms with Crippen LogP contribution in [0.15, 0.2) is 66.7 Å². The first kappa shape index (κ1) is 26.7. The highest BCUT2D eigenvalue weighted by Crippen LogP contribution is 2.38. The lowest BCUT2D eigenvalue weighted by molar-refractivity contribution is -0.144. The average Bonchev–Trinajstić information content (AvgIpc) is 3.18. The highest BCUT2D eigenvalue weighted by molar-refractivity contribution is 6.31. The standard InChI is InChI=1S/C31H34ClNO4/c1-21(2)24-12-8-23(9-13-24)17-31(3)18-26-16-22(10-14-28(26)37-31)11-15-29(34)33(20-30(35)36)19-25-6-4-5-7-27(25)32/h4-10,12-14,16,21H,11,15,17-20H2,1-3H3,(H,35,36)/t31-/m0/s1. The molecule has 0 aliphatic carbocycles. The molecule has 194 valence electrons. The van der Waals surface area contributed by atoms with Crippen LogP contribution in [0.3, 0.4) is 0 Å². The second-order valence-corrected chi connectivity index (χ2v) is 10.9. The molecule has 1 aliphatic heterocycles. The minimum absolute atomic E-state index is 0.166. The number of carboxylic acid groups (broad SMARTS) is 1. The maximum Gasteiger partial charge on any atom is 0.323 e. The smallest absolute Gasteiger partial charge is 0.323 e. The Hall–Kier alpha value is -3.31. The lowest BCUT2D eigenvalue weighted by Crippen LogP contribution is -2.35. The van der Waals surface area contributed by atoms with Crippen LogP contribution in [0.1, 0.15) is 60.9 Å². The number of carbonyl (C=O) groups is 2. The molecule has 1 heterocycles. The number of fused-ring (bicyclic) bond motifs is 1. The van der Waals surface area contributed by atoms with Crippen LogP contribution in [0.2, 0.25) is 5.02 Å². The zero-order chi connectivity index (χ0) is 26.6. The molecule has 1 N–H and O–H groups in total. The van der Waals surface area contributed by atoms with Gasteiger partial charge < -0.3 is 14.7 Å². The summed E-state index contributed by atoms with van der Waals surface area (Å²) in [6.07, 6.45) is 2.36. The summed E-state index contributed by atoms with van der Waals surface area (Å²) in [5, 5.41) is 9.84. The van der Waals surface area contributed by atoms with E-state index in [2.05, 4.69) is 51.1 Å². The Balaban J connectivity index is 1.38. The molecule has 3 aromatic rings. The number of hydrogen-bond donors (Lipinski definition) is 1. The molecule has 5 nitrogen and oxygen atoms in total. The minimum atomic E-state index is -1.05.